The molecule has 0 spiro atoms. The highest BCUT2D eigenvalue weighted by Gasteiger charge is 2.23. The standard InChI is InChI=1S/C24H32N4O2/c1-18(2)26-24(30)25-16-19-8-10-21(11-9-19)23(29)27-22-12-14-28(15-13-22)17-20-6-4-3-5-7-20/h3-11,18,22H,12-17H2,1-2H3,(H,27,29)(H2,25,26,30)/p+1. The number of rotatable bonds is 7. The van der Waals surface area contributed by atoms with E-state index in [-0.39, 0.29) is 24.0 Å². The first-order chi connectivity index (χ1) is 14.5. The Morgan fingerprint density at radius 3 is 2.27 bits per heavy atom. The predicted octanol–water partition coefficient (Wildman–Crippen LogP) is 1.87. The summed E-state index contributed by atoms with van der Waals surface area (Å²) in [6.07, 6.45) is 2.00. The van der Waals surface area contributed by atoms with E-state index in [1.165, 1.54) is 5.56 Å². The molecule has 30 heavy (non-hydrogen) atoms. The minimum atomic E-state index is -0.187. The van der Waals surface area contributed by atoms with Gasteiger partial charge in [-0.05, 0) is 31.5 Å². The van der Waals surface area contributed by atoms with Gasteiger partial charge in [0.25, 0.3) is 5.91 Å². The maximum Gasteiger partial charge on any atom is 0.315 e. The van der Waals surface area contributed by atoms with Crippen molar-refractivity contribution in [1.29, 1.82) is 0 Å². The molecule has 3 amide bonds. The number of carbonyl (C=O) groups is 2. The average Bonchev–Trinajstić information content (AvgIpc) is 2.74. The van der Waals surface area contributed by atoms with E-state index in [9.17, 15) is 9.59 Å². The lowest BCUT2D eigenvalue weighted by Crippen LogP contribution is -3.12. The summed E-state index contributed by atoms with van der Waals surface area (Å²) in [5.41, 5.74) is 2.99. The first kappa shape index (κ1) is 21.8. The van der Waals surface area contributed by atoms with Gasteiger partial charge in [-0.2, -0.15) is 0 Å². The summed E-state index contributed by atoms with van der Waals surface area (Å²) >= 11 is 0. The first-order valence-electron chi connectivity index (χ1n) is 10.8. The van der Waals surface area contributed by atoms with Crippen LogP contribution in [-0.4, -0.2) is 37.1 Å². The number of quaternary nitrogens is 1. The van der Waals surface area contributed by atoms with E-state index in [2.05, 4.69) is 40.2 Å². The zero-order valence-corrected chi connectivity index (χ0v) is 17.9. The number of hydrogen-bond acceptors (Lipinski definition) is 2. The van der Waals surface area contributed by atoms with E-state index in [4.69, 9.17) is 0 Å². The molecule has 1 saturated heterocycles. The Balaban J connectivity index is 1.41. The van der Waals surface area contributed by atoms with E-state index in [0.717, 1.165) is 38.0 Å². The van der Waals surface area contributed by atoms with Crippen molar-refractivity contribution in [2.45, 2.75) is 51.9 Å². The number of amides is 3. The topological polar surface area (TPSA) is 74.7 Å². The SMILES string of the molecule is CC(C)NC(=O)NCc1ccc(C(=O)NC2CC[NH+](Cc3ccccc3)CC2)cc1. The van der Waals surface area contributed by atoms with Crippen molar-refractivity contribution in [2.24, 2.45) is 0 Å². The summed E-state index contributed by atoms with van der Waals surface area (Å²) in [4.78, 5) is 25.8. The second kappa shape index (κ2) is 10.8. The van der Waals surface area contributed by atoms with Gasteiger partial charge in [-0.25, -0.2) is 4.79 Å². The normalized spacial score (nSPS) is 18.6. The number of hydrogen-bond donors (Lipinski definition) is 4. The van der Waals surface area contributed by atoms with Crippen LogP contribution in [0.2, 0.25) is 0 Å². The van der Waals surface area contributed by atoms with Crippen LogP contribution >= 0.6 is 0 Å². The van der Waals surface area contributed by atoms with Crippen molar-refractivity contribution in [2.75, 3.05) is 13.1 Å². The lowest BCUT2D eigenvalue weighted by Gasteiger charge is -2.29. The third-order valence-electron chi connectivity index (χ3n) is 5.41. The van der Waals surface area contributed by atoms with Crippen LogP contribution in [-0.2, 0) is 13.1 Å². The van der Waals surface area contributed by atoms with Gasteiger partial charge in [0.05, 0.1) is 13.1 Å². The van der Waals surface area contributed by atoms with Crippen LogP contribution in [0.25, 0.3) is 0 Å². The Hall–Kier alpha value is -2.86. The van der Waals surface area contributed by atoms with Gasteiger partial charge in [-0.15, -0.1) is 0 Å². The molecule has 6 nitrogen and oxygen atoms in total. The van der Waals surface area contributed by atoms with Gasteiger partial charge in [-0.3, -0.25) is 4.79 Å². The molecule has 1 fully saturated rings. The molecule has 0 radical (unpaired) electrons. The van der Waals surface area contributed by atoms with Crippen LogP contribution in [0.5, 0.6) is 0 Å². The van der Waals surface area contributed by atoms with Crippen molar-refractivity contribution in [3.05, 3.63) is 71.3 Å². The maximum atomic E-state index is 12.6. The molecule has 6 heteroatoms. The van der Waals surface area contributed by atoms with E-state index in [0.29, 0.717) is 12.1 Å². The average molecular weight is 410 g/mol. The Bertz CT molecular complexity index is 813. The fraction of sp³-hybridized carbons (Fsp3) is 0.417. The summed E-state index contributed by atoms with van der Waals surface area (Å²) in [6, 6.07) is 18.1. The summed E-state index contributed by atoms with van der Waals surface area (Å²) in [5.74, 6) is -0.0245. The number of nitrogens with one attached hydrogen (secondary N) is 4. The maximum absolute atomic E-state index is 12.6. The fourth-order valence-corrected chi connectivity index (χ4v) is 3.77. The summed E-state index contributed by atoms with van der Waals surface area (Å²) in [5, 5.41) is 8.78. The Morgan fingerprint density at radius 2 is 1.63 bits per heavy atom. The van der Waals surface area contributed by atoms with Gasteiger partial charge in [-0.1, -0.05) is 42.5 Å². The number of piperidine rings is 1. The Labute approximate surface area is 179 Å². The smallest absolute Gasteiger partial charge is 0.315 e. The molecule has 0 atom stereocenters. The Kier molecular flexibility index (Phi) is 7.85. The van der Waals surface area contributed by atoms with Gasteiger partial charge < -0.3 is 20.9 Å². The van der Waals surface area contributed by atoms with E-state index in [1.807, 2.05) is 44.2 Å². The van der Waals surface area contributed by atoms with Crippen LogP contribution in [0.1, 0.15) is 48.2 Å². The second-order valence-corrected chi connectivity index (χ2v) is 8.34. The van der Waals surface area contributed by atoms with Crippen molar-refractivity contribution in [1.82, 2.24) is 16.0 Å². The van der Waals surface area contributed by atoms with Crippen LogP contribution < -0.4 is 20.9 Å². The summed E-state index contributed by atoms with van der Waals surface area (Å²) < 4.78 is 0. The van der Waals surface area contributed by atoms with Gasteiger partial charge in [0.2, 0.25) is 0 Å². The van der Waals surface area contributed by atoms with Crippen molar-refractivity contribution in [3.8, 4) is 0 Å². The molecule has 0 aromatic heterocycles. The Morgan fingerprint density at radius 1 is 0.967 bits per heavy atom. The summed E-state index contributed by atoms with van der Waals surface area (Å²) in [7, 11) is 0. The summed E-state index contributed by atoms with van der Waals surface area (Å²) in [6.45, 7) is 7.46. The van der Waals surface area contributed by atoms with Crippen LogP contribution in [0.4, 0.5) is 4.79 Å². The lowest BCUT2D eigenvalue weighted by atomic mass is 10.0. The molecule has 1 aliphatic heterocycles. The number of likely N-dealkylation sites (tertiary alicyclic amines) is 1. The highest BCUT2D eigenvalue weighted by molar-refractivity contribution is 5.94. The van der Waals surface area contributed by atoms with Gasteiger partial charge in [0, 0.05) is 42.6 Å². The molecule has 0 aliphatic carbocycles. The van der Waals surface area contributed by atoms with Gasteiger partial charge in [0.1, 0.15) is 6.54 Å². The highest BCUT2D eigenvalue weighted by Crippen LogP contribution is 2.07. The third kappa shape index (κ3) is 6.88. The molecule has 2 aromatic rings. The van der Waals surface area contributed by atoms with E-state index < -0.39 is 0 Å². The van der Waals surface area contributed by atoms with Crippen LogP contribution in [0, 0.1) is 0 Å². The molecule has 3 rings (SSSR count). The van der Waals surface area contributed by atoms with E-state index >= 15 is 0 Å². The molecule has 4 N–H and O–H groups in total. The molecule has 0 saturated carbocycles. The number of benzene rings is 2. The second-order valence-electron chi connectivity index (χ2n) is 8.34. The molecule has 160 valence electrons. The number of carbonyl (C=O) groups excluding carboxylic acids is 2. The molecule has 0 bridgehead atoms. The van der Waals surface area contributed by atoms with Gasteiger partial charge >= 0.3 is 6.03 Å². The fourth-order valence-electron chi connectivity index (χ4n) is 3.77. The van der Waals surface area contributed by atoms with Crippen LogP contribution in [0.3, 0.4) is 0 Å². The minimum absolute atomic E-state index is 0.0245. The monoisotopic (exact) mass is 409 g/mol. The molecular formula is C24H33N4O2+. The third-order valence-corrected chi connectivity index (χ3v) is 5.41. The molecule has 2 aromatic carbocycles. The largest absolute Gasteiger partial charge is 0.349 e. The predicted molar refractivity (Wildman–Crippen MR) is 118 cm³/mol. The molecule has 0 unspecified atom stereocenters. The van der Waals surface area contributed by atoms with Crippen molar-refractivity contribution >= 4 is 11.9 Å². The number of urea groups is 1. The molecular weight excluding hydrogens is 376 g/mol. The highest BCUT2D eigenvalue weighted by atomic mass is 16.2. The van der Waals surface area contributed by atoms with Gasteiger partial charge in [0.15, 0.2) is 0 Å². The van der Waals surface area contributed by atoms with Crippen LogP contribution in [0.15, 0.2) is 54.6 Å². The van der Waals surface area contributed by atoms with Crippen molar-refractivity contribution < 1.29 is 14.5 Å². The van der Waals surface area contributed by atoms with Crippen molar-refractivity contribution in [3.63, 3.8) is 0 Å². The lowest BCUT2D eigenvalue weighted by molar-refractivity contribution is -0.918. The molecule has 1 aliphatic rings. The zero-order chi connectivity index (χ0) is 21.3. The minimum Gasteiger partial charge on any atom is -0.349 e. The zero-order valence-electron chi connectivity index (χ0n) is 17.9. The van der Waals surface area contributed by atoms with E-state index in [1.54, 1.807) is 4.90 Å². The molecule has 1 heterocycles. The first-order valence-corrected chi connectivity index (χ1v) is 10.8. The quantitative estimate of drug-likeness (QED) is 0.564.